The van der Waals surface area contributed by atoms with Crippen molar-refractivity contribution >= 4 is 52.3 Å². The molecule has 2 heterocycles. The molecule has 1 aliphatic rings. The topological polar surface area (TPSA) is 67.0 Å². The maximum Gasteiger partial charge on any atom is 0.239 e. The minimum absolute atomic E-state index is 0.127. The highest BCUT2D eigenvalue weighted by Crippen LogP contribution is 2.30. The number of carbonyl (C=O) groups is 1. The fourth-order valence-electron chi connectivity index (χ4n) is 2.00. The Bertz CT molecular complexity index is 775. The summed E-state index contributed by atoms with van der Waals surface area (Å²) in [5, 5.41) is 11.6. The van der Waals surface area contributed by atoms with Crippen LogP contribution >= 0.6 is 35.0 Å². The summed E-state index contributed by atoms with van der Waals surface area (Å²) >= 11 is 13.5. The summed E-state index contributed by atoms with van der Waals surface area (Å²) in [4.78, 5) is 12.0. The van der Waals surface area contributed by atoms with Gasteiger partial charge in [0, 0.05) is 0 Å². The molecule has 1 amide bonds. The van der Waals surface area contributed by atoms with Crippen LogP contribution in [0, 0.1) is 0 Å². The third-order valence-electron chi connectivity index (χ3n) is 3.09. The quantitative estimate of drug-likeness (QED) is 0.660. The second-order valence-corrected chi connectivity index (χ2v) is 6.65. The molecule has 2 aromatic rings. The van der Waals surface area contributed by atoms with E-state index < -0.39 is 0 Å². The second-order valence-electron chi connectivity index (χ2n) is 4.68. The number of amides is 1. The third-order valence-corrected chi connectivity index (χ3v) is 5.02. The molecule has 23 heavy (non-hydrogen) atoms. The van der Waals surface area contributed by atoms with Crippen LogP contribution in [-0.2, 0) is 11.2 Å². The van der Waals surface area contributed by atoms with Gasteiger partial charge in [-0.25, -0.2) is 0 Å². The molecule has 1 aliphatic heterocycles. The molecule has 0 spiro atoms. The van der Waals surface area contributed by atoms with Gasteiger partial charge in [-0.15, -0.1) is 5.10 Å². The Labute approximate surface area is 146 Å². The van der Waals surface area contributed by atoms with Crippen molar-refractivity contribution in [2.45, 2.75) is 11.7 Å². The first kappa shape index (κ1) is 16.1. The lowest BCUT2D eigenvalue weighted by atomic mass is 10.1. The van der Waals surface area contributed by atoms with Gasteiger partial charge in [0.05, 0.1) is 27.8 Å². The summed E-state index contributed by atoms with van der Waals surface area (Å²) in [5.41, 5.74) is 0.826. The smallest absolute Gasteiger partial charge is 0.239 e. The molecule has 8 heteroatoms. The first-order valence-corrected chi connectivity index (χ1v) is 8.32. The molecule has 1 aromatic heterocycles. The van der Waals surface area contributed by atoms with Crippen molar-refractivity contribution in [3.05, 3.63) is 58.0 Å². The number of nitrogens with zero attached hydrogens (tertiary/aromatic N) is 2. The van der Waals surface area contributed by atoms with Crippen molar-refractivity contribution in [2.75, 3.05) is 0 Å². The number of hydrogen-bond donors (Lipinski definition) is 1. The van der Waals surface area contributed by atoms with Gasteiger partial charge in [-0.1, -0.05) is 47.1 Å². The van der Waals surface area contributed by atoms with Crippen LogP contribution in [0.2, 0.25) is 10.0 Å². The number of hydrogen-bond acceptors (Lipinski definition) is 5. The van der Waals surface area contributed by atoms with E-state index in [0.717, 1.165) is 5.56 Å². The Morgan fingerprint density at radius 3 is 2.96 bits per heavy atom. The maximum absolute atomic E-state index is 12.0. The standard InChI is InChI=1S/C15H11Cl2N3O2S/c16-11-5-1-3-9(13(11)17)7-12-14(21)19-15(23-12)20-18-8-10-4-2-6-22-10/h1-6,8,12H,7H2,(H,19,20,21)/b18-8+. The van der Waals surface area contributed by atoms with Gasteiger partial charge in [-0.2, -0.15) is 5.10 Å². The van der Waals surface area contributed by atoms with Crippen LogP contribution in [-0.4, -0.2) is 22.5 Å². The van der Waals surface area contributed by atoms with E-state index in [2.05, 4.69) is 15.5 Å². The lowest BCUT2D eigenvalue weighted by Gasteiger charge is -2.08. The predicted molar refractivity (Wildman–Crippen MR) is 93.4 cm³/mol. The molecule has 1 unspecified atom stereocenters. The third kappa shape index (κ3) is 3.96. The largest absolute Gasteiger partial charge is 0.463 e. The minimum atomic E-state index is -0.316. The van der Waals surface area contributed by atoms with E-state index >= 15 is 0 Å². The molecule has 1 atom stereocenters. The number of thioether (sulfide) groups is 1. The monoisotopic (exact) mass is 367 g/mol. The molecular weight excluding hydrogens is 357 g/mol. The fraction of sp³-hybridized carbons (Fsp3) is 0.133. The molecule has 0 radical (unpaired) electrons. The van der Waals surface area contributed by atoms with Gasteiger partial charge in [0.25, 0.3) is 0 Å². The van der Waals surface area contributed by atoms with E-state index in [9.17, 15) is 4.79 Å². The first-order valence-electron chi connectivity index (χ1n) is 6.68. The van der Waals surface area contributed by atoms with Crippen LogP contribution in [0.4, 0.5) is 0 Å². The van der Waals surface area contributed by atoms with Crippen LogP contribution in [0.25, 0.3) is 0 Å². The number of furan rings is 1. The second kappa shape index (κ2) is 7.21. The fourth-order valence-corrected chi connectivity index (χ4v) is 3.34. The zero-order chi connectivity index (χ0) is 16.2. The number of carbonyl (C=O) groups excluding carboxylic acids is 1. The van der Waals surface area contributed by atoms with Gasteiger partial charge < -0.3 is 9.73 Å². The zero-order valence-electron chi connectivity index (χ0n) is 11.7. The van der Waals surface area contributed by atoms with Gasteiger partial charge >= 0.3 is 0 Å². The van der Waals surface area contributed by atoms with Crippen LogP contribution in [0.5, 0.6) is 0 Å². The van der Waals surface area contributed by atoms with Crippen molar-refractivity contribution in [1.29, 1.82) is 0 Å². The van der Waals surface area contributed by atoms with Crippen molar-refractivity contribution in [3.63, 3.8) is 0 Å². The molecule has 0 aliphatic carbocycles. The molecule has 3 rings (SSSR count). The lowest BCUT2D eigenvalue weighted by molar-refractivity contribution is -0.118. The SMILES string of the molecule is O=C1N/C(=N\N=C\c2ccco2)SC1Cc1cccc(Cl)c1Cl. The van der Waals surface area contributed by atoms with Crippen LogP contribution in [0.15, 0.2) is 51.2 Å². The Balaban J connectivity index is 1.66. The zero-order valence-corrected chi connectivity index (χ0v) is 14.0. The van der Waals surface area contributed by atoms with Crippen molar-refractivity contribution in [1.82, 2.24) is 5.32 Å². The van der Waals surface area contributed by atoms with E-state index in [1.165, 1.54) is 18.0 Å². The Hall–Kier alpha value is -1.76. The number of halogens is 2. The van der Waals surface area contributed by atoms with Gasteiger partial charge in [0.2, 0.25) is 5.91 Å². The average molecular weight is 368 g/mol. The van der Waals surface area contributed by atoms with E-state index in [1.807, 2.05) is 12.1 Å². The van der Waals surface area contributed by atoms with Gasteiger partial charge in [0.1, 0.15) is 5.76 Å². The Morgan fingerprint density at radius 1 is 1.30 bits per heavy atom. The normalized spacial score (nSPS) is 19.7. The molecule has 1 N–H and O–H groups in total. The van der Waals surface area contributed by atoms with Crippen LogP contribution in [0.1, 0.15) is 11.3 Å². The summed E-state index contributed by atoms with van der Waals surface area (Å²) < 4.78 is 5.10. The summed E-state index contributed by atoms with van der Waals surface area (Å²) in [6.07, 6.45) is 3.49. The molecule has 118 valence electrons. The van der Waals surface area contributed by atoms with Gasteiger partial charge in [-0.05, 0) is 30.2 Å². The first-order chi connectivity index (χ1) is 11.1. The predicted octanol–water partition coefficient (Wildman–Crippen LogP) is 3.75. The minimum Gasteiger partial charge on any atom is -0.463 e. The Morgan fingerprint density at radius 2 is 2.17 bits per heavy atom. The van der Waals surface area contributed by atoms with Crippen molar-refractivity contribution in [3.8, 4) is 0 Å². The molecule has 1 saturated heterocycles. The summed E-state index contributed by atoms with van der Waals surface area (Å²) in [5.74, 6) is 0.462. The van der Waals surface area contributed by atoms with Crippen molar-refractivity contribution < 1.29 is 9.21 Å². The van der Waals surface area contributed by atoms with E-state index in [-0.39, 0.29) is 11.2 Å². The molecule has 1 fully saturated rings. The van der Waals surface area contributed by atoms with E-state index in [1.54, 1.807) is 24.5 Å². The summed E-state index contributed by atoms with van der Waals surface area (Å²) in [6, 6.07) is 8.89. The maximum atomic E-state index is 12.0. The molecule has 1 aromatic carbocycles. The Kier molecular flexibility index (Phi) is 5.05. The van der Waals surface area contributed by atoms with Crippen molar-refractivity contribution in [2.24, 2.45) is 10.2 Å². The molecular formula is C15H11Cl2N3O2S. The summed E-state index contributed by atoms with van der Waals surface area (Å²) in [6.45, 7) is 0. The molecule has 0 saturated carbocycles. The highest BCUT2D eigenvalue weighted by atomic mass is 35.5. The van der Waals surface area contributed by atoms with Crippen LogP contribution in [0.3, 0.4) is 0 Å². The molecule has 5 nitrogen and oxygen atoms in total. The summed E-state index contributed by atoms with van der Waals surface area (Å²) in [7, 11) is 0. The highest BCUT2D eigenvalue weighted by Gasteiger charge is 2.31. The van der Waals surface area contributed by atoms with E-state index in [0.29, 0.717) is 27.4 Å². The number of amidine groups is 1. The number of benzene rings is 1. The number of rotatable bonds is 4. The highest BCUT2D eigenvalue weighted by molar-refractivity contribution is 8.15. The lowest BCUT2D eigenvalue weighted by Crippen LogP contribution is -2.26. The van der Waals surface area contributed by atoms with E-state index in [4.69, 9.17) is 27.6 Å². The van der Waals surface area contributed by atoms with Crippen LogP contribution < -0.4 is 5.32 Å². The molecule has 0 bridgehead atoms. The van der Waals surface area contributed by atoms with Gasteiger partial charge in [-0.3, -0.25) is 4.79 Å². The average Bonchev–Trinajstić information content (AvgIpc) is 3.15. The number of nitrogens with one attached hydrogen (secondary N) is 1. The van der Waals surface area contributed by atoms with Gasteiger partial charge in [0.15, 0.2) is 5.17 Å².